The van der Waals surface area contributed by atoms with E-state index in [-0.39, 0.29) is 0 Å². The predicted octanol–water partition coefficient (Wildman–Crippen LogP) is 6.48. The quantitative estimate of drug-likeness (QED) is 0.454. The van der Waals surface area contributed by atoms with Gasteiger partial charge in [0.2, 0.25) is 0 Å². The van der Waals surface area contributed by atoms with Crippen LogP contribution >= 0.6 is 38.6 Å². The van der Waals surface area contributed by atoms with Gasteiger partial charge < -0.3 is 0 Å². The molecule has 3 aromatic rings. The first-order valence-electron chi connectivity index (χ1n) is 7.28. The van der Waals surface area contributed by atoms with Gasteiger partial charge in [0.05, 0.1) is 13.5 Å². The Morgan fingerprint density at radius 3 is 1.79 bits per heavy atom. The lowest BCUT2D eigenvalue weighted by Gasteiger charge is -1.97. The van der Waals surface area contributed by atoms with Crippen molar-refractivity contribution in [2.24, 2.45) is 0 Å². The maximum atomic E-state index is 10.7. The van der Waals surface area contributed by atoms with Gasteiger partial charge in [-0.15, -0.1) is 22.7 Å². The Morgan fingerprint density at radius 2 is 1.38 bits per heavy atom. The van der Waals surface area contributed by atoms with Crippen molar-refractivity contribution in [3.63, 3.8) is 0 Å². The zero-order valence-electron chi connectivity index (χ0n) is 13.6. The standard InChI is InChI=1S/C13H12OS.C6H5BrOS/c1-9-3-5-11(6-4-9)12-7-10(2)13(8-14)15-12;1-4-2-6(7)9-5(4)3-8/h3-8H,1-2H3;2-3H,1H3. The van der Waals surface area contributed by atoms with E-state index in [0.717, 1.165) is 42.1 Å². The molecule has 2 aromatic heterocycles. The molecule has 0 aliphatic carbocycles. The Bertz CT molecular complexity index is 845. The summed E-state index contributed by atoms with van der Waals surface area (Å²) in [4.78, 5) is 23.8. The molecule has 0 unspecified atom stereocenters. The Morgan fingerprint density at radius 1 is 0.833 bits per heavy atom. The van der Waals surface area contributed by atoms with Crippen LogP contribution in [0.25, 0.3) is 10.4 Å². The molecule has 0 saturated carbocycles. The minimum absolute atomic E-state index is 0.807. The highest BCUT2D eigenvalue weighted by Gasteiger charge is 2.06. The van der Waals surface area contributed by atoms with Gasteiger partial charge in [0.15, 0.2) is 12.6 Å². The van der Waals surface area contributed by atoms with E-state index in [9.17, 15) is 9.59 Å². The molecule has 0 bridgehead atoms. The zero-order valence-corrected chi connectivity index (χ0v) is 16.8. The Balaban J connectivity index is 0.000000198. The van der Waals surface area contributed by atoms with Crippen molar-refractivity contribution in [3.05, 3.63) is 66.6 Å². The molecule has 2 nitrogen and oxygen atoms in total. The number of halogens is 1. The predicted molar refractivity (Wildman–Crippen MR) is 107 cm³/mol. The molecular weight excluding hydrogens is 404 g/mol. The normalized spacial score (nSPS) is 10.0. The average Bonchev–Trinajstić information content (AvgIpc) is 3.10. The molecule has 2 heterocycles. The molecule has 0 atom stereocenters. The maximum Gasteiger partial charge on any atom is 0.160 e. The molecule has 124 valence electrons. The molecule has 5 heteroatoms. The largest absolute Gasteiger partial charge is 0.297 e. The summed E-state index contributed by atoms with van der Waals surface area (Å²) in [5.41, 5.74) is 4.54. The van der Waals surface area contributed by atoms with Gasteiger partial charge in [-0.2, -0.15) is 0 Å². The molecule has 1 aromatic carbocycles. The Hall–Kier alpha value is -1.56. The smallest absolute Gasteiger partial charge is 0.160 e. The van der Waals surface area contributed by atoms with Crippen molar-refractivity contribution in [1.29, 1.82) is 0 Å². The fraction of sp³-hybridized carbons (Fsp3) is 0.158. The second-order valence-corrected chi connectivity index (χ2v) is 8.90. The maximum absolute atomic E-state index is 10.7. The summed E-state index contributed by atoms with van der Waals surface area (Å²) in [6, 6.07) is 12.4. The first-order valence-corrected chi connectivity index (χ1v) is 9.71. The number of carbonyl (C=O) groups is 2. The lowest BCUT2D eigenvalue weighted by atomic mass is 10.1. The first kappa shape index (κ1) is 18.8. The van der Waals surface area contributed by atoms with Crippen LogP contribution in [-0.2, 0) is 0 Å². The van der Waals surface area contributed by atoms with Crippen molar-refractivity contribution in [1.82, 2.24) is 0 Å². The molecule has 0 radical (unpaired) electrons. The van der Waals surface area contributed by atoms with Gasteiger partial charge in [0, 0.05) is 4.88 Å². The molecule has 0 saturated heterocycles. The lowest BCUT2D eigenvalue weighted by Crippen LogP contribution is -1.73. The minimum Gasteiger partial charge on any atom is -0.297 e. The fourth-order valence-corrected chi connectivity index (χ4v) is 4.62. The van der Waals surface area contributed by atoms with E-state index in [1.54, 1.807) is 11.3 Å². The number of hydrogen-bond donors (Lipinski definition) is 0. The van der Waals surface area contributed by atoms with Crippen LogP contribution in [0.4, 0.5) is 0 Å². The molecule has 24 heavy (non-hydrogen) atoms. The van der Waals surface area contributed by atoms with Gasteiger partial charge in [0.25, 0.3) is 0 Å². The summed E-state index contributed by atoms with van der Waals surface area (Å²) in [6.45, 7) is 5.96. The van der Waals surface area contributed by atoms with Crippen molar-refractivity contribution < 1.29 is 9.59 Å². The van der Waals surface area contributed by atoms with E-state index in [1.807, 2.05) is 19.9 Å². The van der Waals surface area contributed by atoms with Gasteiger partial charge in [-0.1, -0.05) is 29.8 Å². The SMILES string of the molecule is Cc1cc(Br)sc1C=O.Cc1ccc(-c2cc(C)c(C=O)s2)cc1. The second-order valence-electron chi connectivity index (χ2n) is 5.36. The van der Waals surface area contributed by atoms with E-state index in [0.29, 0.717) is 0 Å². The second kappa shape index (κ2) is 8.51. The number of rotatable bonds is 3. The number of carbonyl (C=O) groups excluding carboxylic acids is 2. The van der Waals surface area contributed by atoms with Gasteiger partial charge in [0.1, 0.15) is 0 Å². The highest BCUT2D eigenvalue weighted by atomic mass is 79.9. The van der Waals surface area contributed by atoms with Gasteiger partial charge in [-0.3, -0.25) is 9.59 Å². The Labute approximate surface area is 158 Å². The Kier molecular flexibility index (Phi) is 6.66. The van der Waals surface area contributed by atoms with Crippen LogP contribution < -0.4 is 0 Å². The number of hydrogen-bond acceptors (Lipinski definition) is 4. The third kappa shape index (κ3) is 4.72. The molecule has 0 N–H and O–H groups in total. The summed E-state index contributed by atoms with van der Waals surface area (Å²) in [6.07, 6.45) is 1.81. The van der Waals surface area contributed by atoms with Crippen LogP contribution in [-0.4, -0.2) is 12.6 Å². The minimum atomic E-state index is 0.807. The van der Waals surface area contributed by atoms with Crippen molar-refractivity contribution in [2.45, 2.75) is 20.8 Å². The molecule has 0 spiro atoms. The van der Waals surface area contributed by atoms with Gasteiger partial charge >= 0.3 is 0 Å². The van der Waals surface area contributed by atoms with E-state index < -0.39 is 0 Å². The number of benzene rings is 1. The van der Waals surface area contributed by atoms with Crippen LogP contribution in [0.1, 0.15) is 36.0 Å². The van der Waals surface area contributed by atoms with E-state index in [4.69, 9.17) is 0 Å². The van der Waals surface area contributed by atoms with Crippen LogP contribution in [0.2, 0.25) is 0 Å². The van der Waals surface area contributed by atoms with Crippen LogP contribution in [0, 0.1) is 20.8 Å². The van der Waals surface area contributed by atoms with E-state index >= 15 is 0 Å². The topological polar surface area (TPSA) is 34.1 Å². The van der Waals surface area contributed by atoms with Gasteiger partial charge in [-0.25, -0.2) is 0 Å². The summed E-state index contributed by atoms with van der Waals surface area (Å²) in [5.74, 6) is 0. The third-order valence-corrected chi connectivity index (χ3v) is 6.31. The van der Waals surface area contributed by atoms with Crippen molar-refractivity contribution >= 4 is 51.2 Å². The van der Waals surface area contributed by atoms with Gasteiger partial charge in [-0.05, 0) is 65.5 Å². The molecule has 0 aliphatic rings. The van der Waals surface area contributed by atoms with Crippen molar-refractivity contribution in [3.8, 4) is 10.4 Å². The van der Waals surface area contributed by atoms with E-state index in [1.165, 1.54) is 22.5 Å². The fourth-order valence-electron chi connectivity index (χ4n) is 2.05. The monoisotopic (exact) mass is 420 g/mol. The highest BCUT2D eigenvalue weighted by molar-refractivity contribution is 9.11. The molecule has 3 rings (SSSR count). The summed E-state index contributed by atoms with van der Waals surface area (Å²) < 4.78 is 1.02. The zero-order chi connectivity index (χ0) is 17.7. The van der Waals surface area contributed by atoms with Crippen LogP contribution in [0.3, 0.4) is 0 Å². The number of aryl methyl sites for hydroxylation is 3. The first-order chi connectivity index (χ1) is 11.4. The highest BCUT2D eigenvalue weighted by Crippen LogP contribution is 2.30. The molecular formula is C19H17BrO2S2. The lowest BCUT2D eigenvalue weighted by molar-refractivity contribution is 0.111. The summed E-state index contributed by atoms with van der Waals surface area (Å²) in [5, 5.41) is 0. The third-order valence-electron chi connectivity index (χ3n) is 3.43. The number of aldehydes is 2. The summed E-state index contributed by atoms with van der Waals surface area (Å²) in [7, 11) is 0. The molecule has 0 aliphatic heterocycles. The summed E-state index contributed by atoms with van der Waals surface area (Å²) >= 11 is 6.30. The van der Waals surface area contributed by atoms with Crippen LogP contribution in [0.5, 0.6) is 0 Å². The molecule has 0 amide bonds. The van der Waals surface area contributed by atoms with E-state index in [2.05, 4.69) is 53.2 Å². The van der Waals surface area contributed by atoms with Crippen LogP contribution in [0.15, 0.2) is 40.2 Å². The average molecular weight is 421 g/mol. The number of thiophene rings is 2. The van der Waals surface area contributed by atoms with Crippen molar-refractivity contribution in [2.75, 3.05) is 0 Å². The molecule has 0 fully saturated rings.